The van der Waals surface area contributed by atoms with E-state index in [1.165, 1.54) is 5.56 Å². The molecule has 0 aromatic heterocycles. The fourth-order valence-corrected chi connectivity index (χ4v) is 2.12. The highest BCUT2D eigenvalue weighted by molar-refractivity contribution is 5.28. The molecule has 0 aliphatic carbocycles. The minimum Gasteiger partial charge on any atom is -0.497 e. The van der Waals surface area contributed by atoms with Crippen LogP contribution in [0.4, 0.5) is 0 Å². The van der Waals surface area contributed by atoms with Gasteiger partial charge in [0.2, 0.25) is 0 Å². The Labute approximate surface area is 122 Å². The number of nitrogens with zero attached hydrogens (tertiary/aromatic N) is 1. The van der Waals surface area contributed by atoms with Crippen LogP contribution in [-0.2, 0) is 11.3 Å². The number of aliphatic hydroxyl groups is 1. The van der Waals surface area contributed by atoms with Gasteiger partial charge in [0.05, 0.1) is 13.2 Å². The maximum absolute atomic E-state index is 9.87. The van der Waals surface area contributed by atoms with Gasteiger partial charge in [-0.1, -0.05) is 19.1 Å². The number of benzene rings is 1. The van der Waals surface area contributed by atoms with Gasteiger partial charge in [0.25, 0.3) is 0 Å². The molecule has 4 heteroatoms. The van der Waals surface area contributed by atoms with Gasteiger partial charge in [-0.2, -0.15) is 0 Å². The molecule has 0 aliphatic heterocycles. The molecule has 0 heterocycles. The smallest absolute Gasteiger partial charge is 0.119 e. The molecule has 1 aromatic carbocycles. The van der Waals surface area contributed by atoms with Gasteiger partial charge >= 0.3 is 0 Å². The van der Waals surface area contributed by atoms with Crippen LogP contribution in [0.5, 0.6) is 5.75 Å². The van der Waals surface area contributed by atoms with Crippen molar-refractivity contribution in [3.05, 3.63) is 29.8 Å². The molecular weight excluding hydrogens is 254 g/mol. The molecule has 1 N–H and O–H groups in total. The van der Waals surface area contributed by atoms with Gasteiger partial charge in [0, 0.05) is 33.4 Å². The molecule has 20 heavy (non-hydrogen) atoms. The van der Waals surface area contributed by atoms with E-state index in [0.717, 1.165) is 38.3 Å². The van der Waals surface area contributed by atoms with E-state index < -0.39 is 0 Å². The number of ether oxygens (including phenoxy) is 2. The van der Waals surface area contributed by atoms with Crippen LogP contribution in [0.25, 0.3) is 0 Å². The van der Waals surface area contributed by atoms with Crippen molar-refractivity contribution in [2.24, 2.45) is 0 Å². The van der Waals surface area contributed by atoms with E-state index in [1.54, 1.807) is 14.2 Å². The molecule has 1 aromatic rings. The normalized spacial score (nSPS) is 12.7. The van der Waals surface area contributed by atoms with Gasteiger partial charge in [-0.25, -0.2) is 0 Å². The second-order valence-electron chi connectivity index (χ2n) is 5.00. The highest BCUT2D eigenvalue weighted by atomic mass is 16.5. The van der Waals surface area contributed by atoms with Crippen LogP contribution in [0.3, 0.4) is 0 Å². The summed E-state index contributed by atoms with van der Waals surface area (Å²) in [6, 6.07) is 8.07. The number of aliphatic hydroxyl groups excluding tert-OH is 1. The Hall–Kier alpha value is -1.10. The highest BCUT2D eigenvalue weighted by Crippen LogP contribution is 2.15. The predicted molar refractivity (Wildman–Crippen MR) is 81.1 cm³/mol. The van der Waals surface area contributed by atoms with Crippen molar-refractivity contribution in [2.75, 3.05) is 33.9 Å². The second kappa shape index (κ2) is 9.75. The molecule has 1 rings (SSSR count). The summed E-state index contributed by atoms with van der Waals surface area (Å²) < 4.78 is 10.4. The van der Waals surface area contributed by atoms with Crippen LogP contribution in [0, 0.1) is 0 Å². The molecule has 114 valence electrons. The molecule has 0 aliphatic rings. The summed E-state index contributed by atoms with van der Waals surface area (Å²) in [5.74, 6) is 0.871. The topological polar surface area (TPSA) is 41.9 Å². The Morgan fingerprint density at radius 2 is 2.10 bits per heavy atom. The summed E-state index contributed by atoms with van der Waals surface area (Å²) in [6.07, 6.45) is 1.47. The van der Waals surface area contributed by atoms with Crippen LogP contribution < -0.4 is 4.74 Å². The lowest BCUT2D eigenvalue weighted by molar-refractivity contribution is 0.0967. The lowest BCUT2D eigenvalue weighted by Gasteiger charge is -2.24. The first-order chi connectivity index (χ1) is 9.69. The SMILES string of the molecule is CC[C@@H](O)CN(CCCOC)Cc1cccc(OC)c1. The minimum absolute atomic E-state index is 0.275. The predicted octanol–water partition coefficient (Wildman–Crippen LogP) is 2.30. The molecule has 1 atom stereocenters. The molecule has 0 radical (unpaired) electrons. The van der Waals surface area contributed by atoms with Gasteiger partial charge in [0.1, 0.15) is 5.75 Å². The summed E-state index contributed by atoms with van der Waals surface area (Å²) >= 11 is 0. The Kier molecular flexibility index (Phi) is 8.26. The van der Waals surface area contributed by atoms with Crippen molar-refractivity contribution >= 4 is 0 Å². The molecule has 0 fully saturated rings. The van der Waals surface area contributed by atoms with Crippen LogP contribution in [-0.4, -0.2) is 50.0 Å². The first-order valence-corrected chi connectivity index (χ1v) is 7.21. The number of hydrogen-bond acceptors (Lipinski definition) is 4. The zero-order valence-electron chi connectivity index (χ0n) is 12.8. The second-order valence-corrected chi connectivity index (χ2v) is 5.00. The number of methoxy groups -OCH3 is 2. The third-order valence-corrected chi connectivity index (χ3v) is 3.30. The third-order valence-electron chi connectivity index (χ3n) is 3.30. The highest BCUT2D eigenvalue weighted by Gasteiger charge is 2.11. The molecule has 0 saturated carbocycles. The van der Waals surface area contributed by atoms with Crippen LogP contribution in [0.2, 0.25) is 0 Å². The Morgan fingerprint density at radius 1 is 1.30 bits per heavy atom. The Bertz CT molecular complexity index is 370. The molecule has 0 bridgehead atoms. The average molecular weight is 281 g/mol. The van der Waals surface area contributed by atoms with E-state index in [2.05, 4.69) is 11.0 Å². The standard InChI is InChI=1S/C16H27NO3/c1-4-15(18)13-17(9-6-10-19-2)12-14-7-5-8-16(11-14)20-3/h5,7-8,11,15,18H,4,6,9-10,12-13H2,1-3H3/t15-/m1/s1. The monoisotopic (exact) mass is 281 g/mol. The van der Waals surface area contributed by atoms with E-state index in [0.29, 0.717) is 6.54 Å². The quantitative estimate of drug-likeness (QED) is 0.668. The maximum Gasteiger partial charge on any atom is 0.119 e. The van der Waals surface area contributed by atoms with E-state index in [-0.39, 0.29) is 6.10 Å². The molecule has 0 spiro atoms. The molecule has 0 amide bonds. The van der Waals surface area contributed by atoms with Crippen molar-refractivity contribution in [3.63, 3.8) is 0 Å². The fraction of sp³-hybridized carbons (Fsp3) is 0.625. The van der Waals surface area contributed by atoms with E-state index in [1.807, 2.05) is 25.1 Å². The van der Waals surface area contributed by atoms with Crippen LogP contribution in [0.1, 0.15) is 25.3 Å². The summed E-state index contributed by atoms with van der Waals surface area (Å²) in [4.78, 5) is 2.27. The van der Waals surface area contributed by atoms with Crippen LogP contribution >= 0.6 is 0 Å². The van der Waals surface area contributed by atoms with Crippen molar-refractivity contribution < 1.29 is 14.6 Å². The third kappa shape index (κ3) is 6.37. The van der Waals surface area contributed by atoms with Crippen molar-refractivity contribution in [1.29, 1.82) is 0 Å². The van der Waals surface area contributed by atoms with Gasteiger partial charge in [-0.05, 0) is 30.5 Å². The zero-order chi connectivity index (χ0) is 14.8. The van der Waals surface area contributed by atoms with Gasteiger partial charge in [-0.3, -0.25) is 4.90 Å². The lowest BCUT2D eigenvalue weighted by atomic mass is 10.1. The summed E-state index contributed by atoms with van der Waals surface area (Å²) in [5.41, 5.74) is 1.20. The van der Waals surface area contributed by atoms with Gasteiger partial charge in [-0.15, -0.1) is 0 Å². The summed E-state index contributed by atoms with van der Waals surface area (Å²) in [6.45, 7) is 5.18. The van der Waals surface area contributed by atoms with Crippen molar-refractivity contribution in [2.45, 2.75) is 32.4 Å². The summed E-state index contributed by atoms with van der Waals surface area (Å²) in [5, 5.41) is 9.87. The van der Waals surface area contributed by atoms with Gasteiger partial charge < -0.3 is 14.6 Å². The number of hydrogen-bond donors (Lipinski definition) is 1. The first kappa shape index (κ1) is 17.0. The van der Waals surface area contributed by atoms with E-state index in [4.69, 9.17) is 9.47 Å². The van der Waals surface area contributed by atoms with Crippen molar-refractivity contribution in [1.82, 2.24) is 4.90 Å². The summed E-state index contributed by atoms with van der Waals surface area (Å²) in [7, 11) is 3.39. The molecule has 0 saturated heterocycles. The minimum atomic E-state index is -0.275. The maximum atomic E-state index is 9.87. The Balaban J connectivity index is 2.61. The molecular formula is C16H27NO3. The van der Waals surface area contributed by atoms with E-state index in [9.17, 15) is 5.11 Å². The molecule has 4 nitrogen and oxygen atoms in total. The zero-order valence-corrected chi connectivity index (χ0v) is 12.8. The molecule has 0 unspecified atom stereocenters. The largest absolute Gasteiger partial charge is 0.497 e. The van der Waals surface area contributed by atoms with Crippen LogP contribution in [0.15, 0.2) is 24.3 Å². The Morgan fingerprint density at radius 3 is 2.75 bits per heavy atom. The first-order valence-electron chi connectivity index (χ1n) is 7.21. The fourth-order valence-electron chi connectivity index (χ4n) is 2.12. The lowest BCUT2D eigenvalue weighted by Crippen LogP contribution is -2.33. The average Bonchev–Trinajstić information content (AvgIpc) is 2.47. The van der Waals surface area contributed by atoms with E-state index >= 15 is 0 Å². The van der Waals surface area contributed by atoms with Crippen molar-refractivity contribution in [3.8, 4) is 5.75 Å². The van der Waals surface area contributed by atoms with Gasteiger partial charge in [0.15, 0.2) is 0 Å². The number of rotatable bonds is 10.